The van der Waals surface area contributed by atoms with Gasteiger partial charge in [0.25, 0.3) is 5.91 Å². The molecule has 1 N–H and O–H groups in total. The fourth-order valence-corrected chi connectivity index (χ4v) is 3.80. The number of nitrogens with one attached hydrogen (secondary N) is 1. The van der Waals surface area contributed by atoms with Crippen molar-refractivity contribution in [1.82, 2.24) is 15.1 Å². The summed E-state index contributed by atoms with van der Waals surface area (Å²) in [5, 5.41) is 2.87. The summed E-state index contributed by atoms with van der Waals surface area (Å²) in [5.74, 6) is 0.0626. The van der Waals surface area contributed by atoms with Crippen LogP contribution in [0.1, 0.15) is 41.6 Å². The van der Waals surface area contributed by atoms with Gasteiger partial charge in [-0.1, -0.05) is 18.2 Å². The summed E-state index contributed by atoms with van der Waals surface area (Å²) in [4.78, 5) is 29.2. The molecule has 1 atom stereocenters. The van der Waals surface area contributed by atoms with Crippen molar-refractivity contribution in [2.24, 2.45) is 0 Å². The lowest BCUT2D eigenvalue weighted by atomic mass is 10.1. The van der Waals surface area contributed by atoms with Gasteiger partial charge < -0.3 is 10.2 Å². The molecule has 2 saturated heterocycles. The zero-order valence-corrected chi connectivity index (χ0v) is 14.5. The quantitative estimate of drug-likeness (QED) is 0.917. The molecule has 2 aliphatic rings. The van der Waals surface area contributed by atoms with Crippen LogP contribution in [0.4, 0.5) is 0 Å². The summed E-state index contributed by atoms with van der Waals surface area (Å²) in [6, 6.07) is 8.05. The largest absolute Gasteiger partial charge is 0.352 e. The molecule has 2 aliphatic heterocycles. The van der Waals surface area contributed by atoms with Gasteiger partial charge in [-0.15, -0.1) is 0 Å². The van der Waals surface area contributed by atoms with Gasteiger partial charge in [-0.3, -0.25) is 14.5 Å². The van der Waals surface area contributed by atoms with Crippen molar-refractivity contribution < 1.29 is 9.59 Å². The first-order chi connectivity index (χ1) is 11.6. The van der Waals surface area contributed by atoms with Crippen LogP contribution in [-0.4, -0.2) is 60.4 Å². The Bertz CT molecular complexity index is 602. The zero-order chi connectivity index (χ0) is 16.9. The summed E-state index contributed by atoms with van der Waals surface area (Å²) in [7, 11) is 0. The van der Waals surface area contributed by atoms with Crippen LogP contribution in [0.15, 0.2) is 24.3 Å². The van der Waals surface area contributed by atoms with Gasteiger partial charge >= 0.3 is 0 Å². The number of benzene rings is 1. The Morgan fingerprint density at radius 1 is 1.17 bits per heavy atom. The van der Waals surface area contributed by atoms with Gasteiger partial charge in [0.15, 0.2) is 0 Å². The topological polar surface area (TPSA) is 52.7 Å². The lowest BCUT2D eigenvalue weighted by Crippen LogP contribution is -2.40. The first-order valence-corrected chi connectivity index (χ1v) is 9.01. The van der Waals surface area contributed by atoms with Crippen LogP contribution in [0.3, 0.4) is 0 Å². The molecule has 0 bridgehead atoms. The third kappa shape index (κ3) is 3.96. The van der Waals surface area contributed by atoms with Crippen LogP contribution in [0.25, 0.3) is 0 Å². The molecule has 3 rings (SSSR count). The highest BCUT2D eigenvalue weighted by atomic mass is 16.2. The van der Waals surface area contributed by atoms with E-state index in [0.717, 1.165) is 31.6 Å². The van der Waals surface area contributed by atoms with Gasteiger partial charge in [0.05, 0.1) is 0 Å². The maximum absolute atomic E-state index is 12.5. The Kier molecular flexibility index (Phi) is 5.51. The predicted octanol–water partition coefficient (Wildman–Crippen LogP) is 1.81. The highest BCUT2D eigenvalue weighted by Crippen LogP contribution is 2.21. The fourth-order valence-electron chi connectivity index (χ4n) is 3.80. The molecule has 130 valence electrons. The monoisotopic (exact) mass is 329 g/mol. The van der Waals surface area contributed by atoms with Crippen LogP contribution in [0.5, 0.6) is 0 Å². The minimum absolute atomic E-state index is 0.0984. The van der Waals surface area contributed by atoms with Gasteiger partial charge in [-0.2, -0.15) is 0 Å². The number of nitrogens with zero attached hydrogens (tertiary/aromatic N) is 2. The number of amides is 2. The molecule has 2 fully saturated rings. The van der Waals surface area contributed by atoms with E-state index in [1.807, 2.05) is 36.1 Å². The normalized spacial score (nSPS) is 21.2. The molecule has 5 nitrogen and oxygen atoms in total. The standard InChI is InChI=1S/C19H27N3O2/c1-15-6-2-3-8-17(15)19(24)20-10-9-18(23)22-13-5-12-21-11-4-7-16(21)14-22/h2-3,6,8,16H,4-5,7,9-14H2,1H3,(H,20,24)/t16-/m1/s1. The molecule has 0 spiro atoms. The van der Waals surface area contributed by atoms with E-state index in [1.54, 1.807) is 0 Å². The van der Waals surface area contributed by atoms with E-state index in [-0.39, 0.29) is 11.8 Å². The Labute approximate surface area is 144 Å². The average Bonchev–Trinajstić information content (AvgIpc) is 2.91. The maximum Gasteiger partial charge on any atom is 0.251 e. The minimum Gasteiger partial charge on any atom is -0.352 e. The van der Waals surface area contributed by atoms with Gasteiger partial charge in [0.1, 0.15) is 0 Å². The van der Waals surface area contributed by atoms with E-state index in [9.17, 15) is 9.59 Å². The highest BCUT2D eigenvalue weighted by molar-refractivity contribution is 5.95. The number of rotatable bonds is 4. The van der Waals surface area contributed by atoms with Crippen molar-refractivity contribution in [2.75, 3.05) is 32.7 Å². The highest BCUT2D eigenvalue weighted by Gasteiger charge is 2.30. The molecular weight excluding hydrogens is 302 g/mol. The molecule has 0 aromatic heterocycles. The summed E-state index contributed by atoms with van der Waals surface area (Å²) in [5.41, 5.74) is 1.64. The summed E-state index contributed by atoms with van der Waals surface area (Å²) in [6.07, 6.45) is 3.88. The Balaban J connectivity index is 1.47. The lowest BCUT2D eigenvalue weighted by Gasteiger charge is -2.25. The van der Waals surface area contributed by atoms with Gasteiger partial charge in [0, 0.05) is 44.2 Å². The average molecular weight is 329 g/mol. The second kappa shape index (κ2) is 7.79. The molecule has 2 amide bonds. The first kappa shape index (κ1) is 17.0. The maximum atomic E-state index is 12.5. The van der Waals surface area contributed by atoms with Crippen LogP contribution in [-0.2, 0) is 4.79 Å². The molecule has 0 radical (unpaired) electrons. The zero-order valence-electron chi connectivity index (χ0n) is 14.5. The number of fused-ring (bicyclic) bond motifs is 1. The van der Waals surface area contributed by atoms with E-state index < -0.39 is 0 Å². The number of hydrogen-bond acceptors (Lipinski definition) is 3. The van der Waals surface area contributed by atoms with E-state index in [4.69, 9.17) is 0 Å². The van der Waals surface area contributed by atoms with Crippen LogP contribution < -0.4 is 5.32 Å². The molecule has 5 heteroatoms. The van der Waals surface area contributed by atoms with E-state index in [0.29, 0.717) is 24.6 Å². The van der Waals surface area contributed by atoms with Crippen LogP contribution in [0.2, 0.25) is 0 Å². The predicted molar refractivity (Wildman–Crippen MR) is 93.9 cm³/mol. The molecule has 1 aromatic carbocycles. The van der Waals surface area contributed by atoms with E-state index in [1.165, 1.54) is 19.4 Å². The summed E-state index contributed by atoms with van der Waals surface area (Å²) in [6.45, 7) is 6.31. The van der Waals surface area contributed by atoms with Crippen molar-refractivity contribution in [3.63, 3.8) is 0 Å². The third-order valence-corrected chi connectivity index (χ3v) is 5.17. The van der Waals surface area contributed by atoms with E-state index >= 15 is 0 Å². The lowest BCUT2D eigenvalue weighted by molar-refractivity contribution is -0.131. The Morgan fingerprint density at radius 2 is 1.96 bits per heavy atom. The van der Waals surface area contributed by atoms with Crippen molar-refractivity contribution >= 4 is 11.8 Å². The second-order valence-electron chi connectivity index (χ2n) is 6.85. The van der Waals surface area contributed by atoms with Crippen molar-refractivity contribution in [1.29, 1.82) is 0 Å². The molecule has 2 heterocycles. The Morgan fingerprint density at radius 3 is 2.79 bits per heavy atom. The van der Waals surface area contributed by atoms with Crippen molar-refractivity contribution in [2.45, 2.75) is 38.6 Å². The van der Waals surface area contributed by atoms with E-state index in [2.05, 4.69) is 10.2 Å². The first-order valence-electron chi connectivity index (χ1n) is 9.01. The molecule has 1 aromatic rings. The van der Waals surface area contributed by atoms with Crippen molar-refractivity contribution in [3.8, 4) is 0 Å². The number of carbonyl (C=O) groups excluding carboxylic acids is 2. The second-order valence-corrected chi connectivity index (χ2v) is 6.85. The van der Waals surface area contributed by atoms with Crippen LogP contribution >= 0.6 is 0 Å². The van der Waals surface area contributed by atoms with Gasteiger partial charge in [-0.05, 0) is 44.4 Å². The summed E-state index contributed by atoms with van der Waals surface area (Å²) >= 11 is 0. The van der Waals surface area contributed by atoms with Gasteiger partial charge in [0.2, 0.25) is 5.91 Å². The van der Waals surface area contributed by atoms with Crippen molar-refractivity contribution in [3.05, 3.63) is 35.4 Å². The van der Waals surface area contributed by atoms with Gasteiger partial charge in [-0.25, -0.2) is 0 Å². The fraction of sp³-hybridized carbons (Fsp3) is 0.579. The summed E-state index contributed by atoms with van der Waals surface area (Å²) < 4.78 is 0. The Hall–Kier alpha value is -1.88. The smallest absolute Gasteiger partial charge is 0.251 e. The third-order valence-electron chi connectivity index (χ3n) is 5.17. The van der Waals surface area contributed by atoms with Crippen LogP contribution in [0, 0.1) is 6.92 Å². The molecule has 0 aliphatic carbocycles. The SMILES string of the molecule is Cc1ccccc1C(=O)NCCC(=O)N1CCCN2CCC[C@@H]2C1. The minimum atomic E-state index is -0.0984. The molecule has 0 unspecified atom stereocenters. The molecule has 24 heavy (non-hydrogen) atoms. The number of aryl methyl sites for hydroxylation is 1. The molecular formula is C19H27N3O2. The molecule has 0 saturated carbocycles. The number of hydrogen-bond donors (Lipinski definition) is 1. The number of carbonyl (C=O) groups is 2.